The van der Waals surface area contributed by atoms with Gasteiger partial charge in [-0.05, 0) is 41.0 Å². The summed E-state index contributed by atoms with van der Waals surface area (Å²) in [6, 6.07) is 15.9. The van der Waals surface area contributed by atoms with Crippen molar-refractivity contribution in [3.05, 3.63) is 59.7 Å². The highest BCUT2D eigenvalue weighted by molar-refractivity contribution is 5.82. The summed E-state index contributed by atoms with van der Waals surface area (Å²) in [4.78, 5) is 37.1. The number of fused-ring (bicyclic) bond motifs is 3. The summed E-state index contributed by atoms with van der Waals surface area (Å²) < 4.78 is 5.63. The fourth-order valence-electron chi connectivity index (χ4n) is 4.60. The van der Waals surface area contributed by atoms with Crippen molar-refractivity contribution in [2.24, 2.45) is 5.92 Å². The van der Waals surface area contributed by atoms with Crippen molar-refractivity contribution in [3.8, 4) is 11.1 Å². The lowest BCUT2D eigenvalue weighted by Gasteiger charge is -2.34. The Labute approximate surface area is 187 Å². The third-order valence-corrected chi connectivity index (χ3v) is 6.56. The van der Waals surface area contributed by atoms with Gasteiger partial charge in [0.1, 0.15) is 13.2 Å². The second-order valence-corrected chi connectivity index (χ2v) is 8.62. The van der Waals surface area contributed by atoms with Crippen molar-refractivity contribution in [2.45, 2.75) is 37.6 Å². The van der Waals surface area contributed by atoms with Crippen LogP contribution in [0.25, 0.3) is 11.1 Å². The zero-order chi connectivity index (χ0) is 22.7. The van der Waals surface area contributed by atoms with Crippen LogP contribution in [-0.4, -0.2) is 54.2 Å². The number of alkyl carbamates (subject to hydrolysis) is 1. The van der Waals surface area contributed by atoms with Gasteiger partial charge in [-0.2, -0.15) is 0 Å². The number of carbonyl (C=O) groups excluding carboxylic acids is 2. The molecule has 1 unspecified atom stereocenters. The number of hydrogen-bond donors (Lipinski definition) is 2. The molecule has 7 heteroatoms. The largest absolute Gasteiger partial charge is 0.480 e. The Morgan fingerprint density at radius 3 is 2.19 bits per heavy atom. The highest BCUT2D eigenvalue weighted by atomic mass is 16.5. The van der Waals surface area contributed by atoms with Gasteiger partial charge in [0.25, 0.3) is 0 Å². The lowest BCUT2D eigenvalue weighted by molar-refractivity contribution is -0.143. The summed E-state index contributed by atoms with van der Waals surface area (Å²) in [6.45, 7) is -0.148. The van der Waals surface area contributed by atoms with Gasteiger partial charge < -0.3 is 20.1 Å². The molecule has 0 aliphatic heterocycles. The first-order chi connectivity index (χ1) is 15.4. The van der Waals surface area contributed by atoms with Crippen LogP contribution >= 0.6 is 0 Å². The van der Waals surface area contributed by atoms with E-state index in [1.807, 2.05) is 24.3 Å². The van der Waals surface area contributed by atoms with E-state index >= 15 is 0 Å². The Balaban J connectivity index is 1.39. The zero-order valence-electron chi connectivity index (χ0n) is 18.1. The molecule has 0 bridgehead atoms. The number of amides is 2. The van der Waals surface area contributed by atoms with Gasteiger partial charge in [-0.1, -0.05) is 55.0 Å². The minimum Gasteiger partial charge on any atom is -0.480 e. The Hall–Kier alpha value is -3.35. The molecule has 2 aromatic carbocycles. The molecule has 1 atom stereocenters. The van der Waals surface area contributed by atoms with Crippen molar-refractivity contribution in [2.75, 3.05) is 20.2 Å². The maximum Gasteiger partial charge on any atom is 0.407 e. The summed E-state index contributed by atoms with van der Waals surface area (Å²) in [5.74, 6) is -1.19. The molecule has 2 aliphatic carbocycles. The van der Waals surface area contributed by atoms with E-state index in [1.165, 1.54) is 11.9 Å². The first-order valence-electron chi connectivity index (χ1n) is 11.0. The van der Waals surface area contributed by atoms with Crippen molar-refractivity contribution in [1.82, 2.24) is 10.2 Å². The number of benzene rings is 2. The van der Waals surface area contributed by atoms with E-state index in [9.17, 15) is 14.4 Å². The molecule has 7 nitrogen and oxygen atoms in total. The van der Waals surface area contributed by atoms with Crippen molar-refractivity contribution in [3.63, 3.8) is 0 Å². The Bertz CT molecular complexity index is 971. The van der Waals surface area contributed by atoms with Crippen molar-refractivity contribution < 1.29 is 24.2 Å². The molecule has 2 aromatic rings. The number of rotatable bonds is 8. The first-order valence-corrected chi connectivity index (χ1v) is 11.0. The molecule has 0 aromatic heterocycles. The van der Waals surface area contributed by atoms with Gasteiger partial charge in [0.15, 0.2) is 0 Å². The molecule has 32 heavy (non-hydrogen) atoms. The third-order valence-electron chi connectivity index (χ3n) is 6.56. The first kappa shape index (κ1) is 21.9. The smallest absolute Gasteiger partial charge is 0.407 e. The van der Waals surface area contributed by atoms with Gasteiger partial charge in [0.2, 0.25) is 5.91 Å². The molecule has 0 spiro atoms. The fraction of sp³-hybridized carbons (Fsp3) is 0.400. The maximum atomic E-state index is 12.7. The van der Waals surface area contributed by atoms with Gasteiger partial charge in [-0.25, -0.2) is 4.79 Å². The van der Waals surface area contributed by atoms with Crippen LogP contribution in [0.3, 0.4) is 0 Å². The quantitative estimate of drug-likeness (QED) is 0.659. The van der Waals surface area contributed by atoms with Crippen LogP contribution < -0.4 is 5.32 Å². The molecule has 2 amide bonds. The predicted octanol–water partition coefficient (Wildman–Crippen LogP) is 3.63. The number of nitrogens with one attached hydrogen (secondary N) is 1. The standard InChI is InChI=1S/C25H28N2O5/c1-27(14-24(29)30)23(28)13-22(16-7-6-8-16)26-25(31)32-15-21-19-11-4-2-9-17(19)18-10-3-5-12-20(18)21/h2-5,9-12,16,21-22H,6-8,13-15H2,1H3,(H,26,31)(H,29,30). The van der Waals surface area contributed by atoms with Gasteiger partial charge in [-0.15, -0.1) is 0 Å². The lowest BCUT2D eigenvalue weighted by Crippen LogP contribution is -2.46. The molecule has 1 fully saturated rings. The van der Waals surface area contributed by atoms with Crippen LogP contribution in [-0.2, 0) is 14.3 Å². The molecule has 2 aliphatic rings. The number of ether oxygens (including phenoxy) is 1. The SMILES string of the molecule is CN(CC(=O)O)C(=O)CC(NC(=O)OCC1c2ccccc2-c2ccccc21)C1CCC1. The molecular formula is C25H28N2O5. The summed E-state index contributed by atoms with van der Waals surface area (Å²) in [7, 11) is 1.46. The molecule has 4 rings (SSSR count). The van der Waals surface area contributed by atoms with E-state index < -0.39 is 12.1 Å². The normalized spacial score (nSPS) is 15.8. The van der Waals surface area contributed by atoms with Crippen LogP contribution in [0, 0.1) is 5.92 Å². The monoisotopic (exact) mass is 436 g/mol. The molecule has 0 heterocycles. The zero-order valence-corrected chi connectivity index (χ0v) is 18.1. The summed E-state index contributed by atoms with van der Waals surface area (Å²) in [5, 5.41) is 11.8. The average molecular weight is 437 g/mol. The van der Waals surface area contributed by atoms with Crippen LogP contribution in [0.2, 0.25) is 0 Å². The summed E-state index contributed by atoms with van der Waals surface area (Å²) >= 11 is 0. The molecule has 168 valence electrons. The highest BCUT2D eigenvalue weighted by Gasteiger charge is 2.33. The number of carboxylic acids is 1. The minimum atomic E-state index is -1.06. The number of carboxylic acid groups (broad SMARTS) is 1. The van der Waals surface area contributed by atoms with Gasteiger partial charge in [0, 0.05) is 25.4 Å². The summed E-state index contributed by atoms with van der Waals surface area (Å²) in [5.41, 5.74) is 4.61. The lowest BCUT2D eigenvalue weighted by atomic mass is 9.78. The van der Waals surface area contributed by atoms with Crippen molar-refractivity contribution in [1.29, 1.82) is 0 Å². The van der Waals surface area contributed by atoms with E-state index in [0.29, 0.717) is 0 Å². The Kier molecular flexibility index (Phi) is 6.44. The number of hydrogen-bond acceptors (Lipinski definition) is 4. The number of likely N-dealkylation sites (N-methyl/N-ethyl adjacent to an activating group) is 1. The van der Waals surface area contributed by atoms with Crippen LogP contribution in [0.4, 0.5) is 4.79 Å². The van der Waals surface area contributed by atoms with Crippen LogP contribution in [0.5, 0.6) is 0 Å². The Morgan fingerprint density at radius 1 is 1.06 bits per heavy atom. The Morgan fingerprint density at radius 2 is 1.66 bits per heavy atom. The predicted molar refractivity (Wildman–Crippen MR) is 119 cm³/mol. The highest BCUT2D eigenvalue weighted by Crippen LogP contribution is 2.44. The molecule has 0 saturated heterocycles. The molecule has 2 N–H and O–H groups in total. The van der Waals surface area contributed by atoms with E-state index in [-0.39, 0.29) is 43.4 Å². The average Bonchev–Trinajstić information content (AvgIpc) is 3.04. The third kappa shape index (κ3) is 4.61. The van der Waals surface area contributed by atoms with Gasteiger partial charge in [-0.3, -0.25) is 9.59 Å². The molecule has 1 saturated carbocycles. The second-order valence-electron chi connectivity index (χ2n) is 8.62. The number of aliphatic carboxylic acids is 1. The van der Waals surface area contributed by atoms with E-state index in [0.717, 1.165) is 41.5 Å². The second kappa shape index (κ2) is 9.42. The van der Waals surface area contributed by atoms with E-state index in [1.54, 1.807) is 0 Å². The van der Waals surface area contributed by atoms with Gasteiger partial charge >= 0.3 is 12.1 Å². The van der Waals surface area contributed by atoms with Crippen LogP contribution in [0.1, 0.15) is 42.7 Å². The van der Waals surface area contributed by atoms with E-state index in [2.05, 4.69) is 29.6 Å². The van der Waals surface area contributed by atoms with E-state index in [4.69, 9.17) is 9.84 Å². The fourth-order valence-corrected chi connectivity index (χ4v) is 4.60. The van der Waals surface area contributed by atoms with Crippen molar-refractivity contribution >= 4 is 18.0 Å². The minimum absolute atomic E-state index is 0.0290. The number of carbonyl (C=O) groups is 3. The van der Waals surface area contributed by atoms with Crippen LogP contribution in [0.15, 0.2) is 48.5 Å². The number of nitrogens with zero attached hydrogens (tertiary/aromatic N) is 1. The topological polar surface area (TPSA) is 95.9 Å². The maximum absolute atomic E-state index is 12.7. The molecule has 0 radical (unpaired) electrons. The molecular weight excluding hydrogens is 408 g/mol. The van der Waals surface area contributed by atoms with Gasteiger partial charge in [0.05, 0.1) is 0 Å². The summed E-state index contributed by atoms with van der Waals surface area (Å²) in [6.07, 6.45) is 2.46.